The maximum Gasteiger partial charge on any atom is 0.339 e. The third kappa shape index (κ3) is 1.93. The van der Waals surface area contributed by atoms with Gasteiger partial charge >= 0.3 is 5.97 Å². The van der Waals surface area contributed by atoms with Crippen molar-refractivity contribution in [1.82, 2.24) is 0 Å². The molecule has 0 radical (unpaired) electrons. The molecule has 0 aliphatic heterocycles. The Morgan fingerprint density at radius 3 is 2.69 bits per heavy atom. The van der Waals surface area contributed by atoms with Gasteiger partial charge in [-0.15, -0.1) is 0 Å². The summed E-state index contributed by atoms with van der Waals surface area (Å²) in [6, 6.07) is 1.99. The fourth-order valence-corrected chi connectivity index (χ4v) is 1.56. The van der Waals surface area contributed by atoms with Gasteiger partial charge < -0.3 is 15.6 Å². The molecule has 3 N–H and O–H groups in total. The lowest BCUT2D eigenvalue weighted by Crippen LogP contribution is -2.26. The highest BCUT2D eigenvalue weighted by Crippen LogP contribution is 2.33. The highest BCUT2D eigenvalue weighted by molar-refractivity contribution is 5.93. The van der Waals surface area contributed by atoms with Crippen LogP contribution < -0.4 is 10.5 Å². The monoisotopic (exact) mass is 225 g/mol. The number of carboxylic acid groups (broad SMARTS) is 1. The molecule has 0 unspecified atom stereocenters. The second kappa shape index (κ2) is 4.00. The maximum atomic E-state index is 13.0. The summed E-state index contributed by atoms with van der Waals surface area (Å²) in [7, 11) is 0. The Morgan fingerprint density at radius 2 is 2.19 bits per heavy atom. The van der Waals surface area contributed by atoms with Crippen molar-refractivity contribution in [3.05, 3.63) is 23.5 Å². The lowest BCUT2D eigenvalue weighted by atomic mass is 9.96. The van der Waals surface area contributed by atoms with Gasteiger partial charge in [-0.2, -0.15) is 0 Å². The lowest BCUT2D eigenvalue weighted by Gasteiger charge is -2.27. The molecule has 4 nitrogen and oxygen atoms in total. The van der Waals surface area contributed by atoms with E-state index in [4.69, 9.17) is 15.6 Å². The fourth-order valence-electron chi connectivity index (χ4n) is 1.56. The number of nitrogen functional groups attached to an aromatic ring is 1. The van der Waals surface area contributed by atoms with Gasteiger partial charge in [0.15, 0.2) is 5.75 Å². The van der Waals surface area contributed by atoms with Crippen LogP contribution in [0.2, 0.25) is 0 Å². The van der Waals surface area contributed by atoms with Crippen LogP contribution in [0.4, 0.5) is 10.1 Å². The Balaban J connectivity index is 2.35. The van der Waals surface area contributed by atoms with Crippen molar-refractivity contribution < 1.29 is 19.0 Å². The molecular formula is C11H12FNO3. The standard InChI is InChI=1S/C11H12FNO3/c12-6-4-8(11(14)15)10(9(13)5-6)16-7-2-1-3-7/h4-5,7H,1-3,13H2,(H,14,15). The Morgan fingerprint density at radius 1 is 1.50 bits per heavy atom. The summed E-state index contributed by atoms with van der Waals surface area (Å²) in [6.07, 6.45) is 2.84. The van der Waals surface area contributed by atoms with Crippen LogP contribution in [0.25, 0.3) is 0 Å². The molecule has 1 aliphatic carbocycles. The van der Waals surface area contributed by atoms with E-state index in [1.54, 1.807) is 0 Å². The van der Waals surface area contributed by atoms with E-state index in [-0.39, 0.29) is 23.1 Å². The van der Waals surface area contributed by atoms with Crippen molar-refractivity contribution in [3.63, 3.8) is 0 Å². The Bertz CT molecular complexity index is 429. The van der Waals surface area contributed by atoms with Gasteiger partial charge in [-0.25, -0.2) is 9.18 Å². The van der Waals surface area contributed by atoms with E-state index in [1.165, 1.54) is 0 Å². The summed E-state index contributed by atoms with van der Waals surface area (Å²) in [6.45, 7) is 0. The van der Waals surface area contributed by atoms with E-state index < -0.39 is 11.8 Å². The number of anilines is 1. The van der Waals surface area contributed by atoms with E-state index in [2.05, 4.69) is 0 Å². The number of hydrogen-bond donors (Lipinski definition) is 2. The van der Waals surface area contributed by atoms with Gasteiger partial charge in [0.25, 0.3) is 0 Å². The van der Waals surface area contributed by atoms with Crippen molar-refractivity contribution in [2.75, 3.05) is 5.73 Å². The number of ether oxygens (including phenoxy) is 1. The van der Waals surface area contributed by atoms with Crippen LogP contribution in [0.15, 0.2) is 12.1 Å². The molecule has 0 atom stereocenters. The first-order chi connectivity index (χ1) is 7.58. The number of halogens is 1. The van der Waals surface area contributed by atoms with Gasteiger partial charge in [-0.1, -0.05) is 0 Å². The summed E-state index contributed by atoms with van der Waals surface area (Å²) < 4.78 is 18.5. The van der Waals surface area contributed by atoms with Gasteiger partial charge in [0.1, 0.15) is 11.4 Å². The first-order valence-electron chi connectivity index (χ1n) is 5.07. The molecule has 0 heterocycles. The van der Waals surface area contributed by atoms with Crippen LogP contribution in [-0.4, -0.2) is 17.2 Å². The number of hydrogen-bond acceptors (Lipinski definition) is 3. The second-order valence-electron chi connectivity index (χ2n) is 3.85. The van der Waals surface area contributed by atoms with E-state index in [0.29, 0.717) is 0 Å². The fraction of sp³-hybridized carbons (Fsp3) is 0.364. The lowest BCUT2D eigenvalue weighted by molar-refractivity contribution is 0.0679. The van der Waals surface area contributed by atoms with Gasteiger partial charge in [-0.05, 0) is 25.3 Å². The molecule has 1 fully saturated rings. The zero-order valence-corrected chi connectivity index (χ0v) is 8.57. The number of benzene rings is 1. The first kappa shape index (κ1) is 10.7. The topological polar surface area (TPSA) is 72.6 Å². The largest absolute Gasteiger partial charge is 0.487 e. The zero-order valence-electron chi connectivity index (χ0n) is 8.57. The smallest absolute Gasteiger partial charge is 0.339 e. The Labute approximate surface area is 91.8 Å². The molecule has 0 saturated heterocycles. The second-order valence-corrected chi connectivity index (χ2v) is 3.85. The van der Waals surface area contributed by atoms with Gasteiger partial charge in [0.05, 0.1) is 11.8 Å². The van der Waals surface area contributed by atoms with Crippen molar-refractivity contribution in [3.8, 4) is 5.75 Å². The molecule has 0 aromatic heterocycles. The normalized spacial score (nSPS) is 15.6. The first-order valence-corrected chi connectivity index (χ1v) is 5.07. The average Bonchev–Trinajstić information content (AvgIpc) is 2.12. The summed E-state index contributed by atoms with van der Waals surface area (Å²) >= 11 is 0. The molecular weight excluding hydrogens is 213 g/mol. The Kier molecular flexibility index (Phi) is 2.68. The van der Waals surface area contributed by atoms with Crippen LogP contribution >= 0.6 is 0 Å². The van der Waals surface area contributed by atoms with Crippen LogP contribution in [0.3, 0.4) is 0 Å². The number of nitrogens with two attached hydrogens (primary N) is 1. The van der Waals surface area contributed by atoms with Crippen LogP contribution in [0.1, 0.15) is 29.6 Å². The highest BCUT2D eigenvalue weighted by atomic mass is 19.1. The molecule has 0 amide bonds. The average molecular weight is 225 g/mol. The van der Waals surface area contributed by atoms with E-state index >= 15 is 0 Å². The molecule has 86 valence electrons. The maximum absolute atomic E-state index is 13.0. The van der Waals surface area contributed by atoms with E-state index in [1.807, 2.05) is 0 Å². The quantitative estimate of drug-likeness (QED) is 0.772. The molecule has 2 rings (SSSR count). The Hall–Kier alpha value is -1.78. The summed E-state index contributed by atoms with van der Waals surface area (Å²) in [5, 5.41) is 8.92. The van der Waals surface area contributed by atoms with Crippen molar-refractivity contribution in [2.45, 2.75) is 25.4 Å². The molecule has 0 spiro atoms. The third-order valence-electron chi connectivity index (χ3n) is 2.65. The number of carboxylic acids is 1. The predicted octanol–water partition coefficient (Wildman–Crippen LogP) is 2.04. The van der Waals surface area contributed by atoms with Crippen LogP contribution in [-0.2, 0) is 0 Å². The minimum absolute atomic E-state index is 0.00543. The molecule has 1 aromatic carbocycles. The number of aromatic carboxylic acids is 1. The molecule has 1 aromatic rings. The van der Waals surface area contributed by atoms with Crippen molar-refractivity contribution in [1.29, 1.82) is 0 Å². The molecule has 1 aliphatic rings. The molecule has 0 bridgehead atoms. The molecule has 5 heteroatoms. The predicted molar refractivity (Wildman–Crippen MR) is 56.0 cm³/mol. The van der Waals surface area contributed by atoms with Crippen molar-refractivity contribution >= 4 is 11.7 Å². The van der Waals surface area contributed by atoms with Crippen molar-refractivity contribution in [2.24, 2.45) is 0 Å². The van der Waals surface area contributed by atoms with Gasteiger partial charge in [0.2, 0.25) is 0 Å². The van der Waals surface area contributed by atoms with Gasteiger partial charge in [0, 0.05) is 6.07 Å². The summed E-state index contributed by atoms with van der Waals surface area (Å²) in [5.41, 5.74) is 5.37. The minimum Gasteiger partial charge on any atom is -0.487 e. The van der Waals surface area contributed by atoms with E-state index in [9.17, 15) is 9.18 Å². The van der Waals surface area contributed by atoms with E-state index in [0.717, 1.165) is 31.4 Å². The third-order valence-corrected chi connectivity index (χ3v) is 2.65. The summed E-state index contributed by atoms with van der Waals surface area (Å²) in [4.78, 5) is 10.9. The molecule has 1 saturated carbocycles. The number of carbonyl (C=O) groups is 1. The highest BCUT2D eigenvalue weighted by Gasteiger charge is 2.24. The van der Waals surface area contributed by atoms with Crippen LogP contribution in [0.5, 0.6) is 5.75 Å². The van der Waals surface area contributed by atoms with Gasteiger partial charge in [-0.3, -0.25) is 0 Å². The SMILES string of the molecule is Nc1cc(F)cc(C(=O)O)c1OC1CCC1. The minimum atomic E-state index is -1.24. The molecule has 16 heavy (non-hydrogen) atoms. The summed E-state index contributed by atoms with van der Waals surface area (Å²) in [5.74, 6) is -1.82. The zero-order chi connectivity index (χ0) is 11.7. The number of rotatable bonds is 3. The van der Waals surface area contributed by atoms with Crippen LogP contribution in [0, 0.1) is 5.82 Å².